The zero-order chi connectivity index (χ0) is 15.6. The minimum absolute atomic E-state index is 0.0672. The molecule has 0 atom stereocenters. The van der Waals surface area contributed by atoms with Gasteiger partial charge in [-0.2, -0.15) is 0 Å². The van der Waals surface area contributed by atoms with Gasteiger partial charge in [0.05, 0.1) is 11.2 Å². The molecule has 0 bridgehead atoms. The second-order valence-corrected chi connectivity index (χ2v) is 6.94. The zero-order valence-corrected chi connectivity index (χ0v) is 14.1. The van der Waals surface area contributed by atoms with Gasteiger partial charge in [-0.05, 0) is 18.3 Å². The van der Waals surface area contributed by atoms with E-state index in [1.165, 1.54) is 6.20 Å². The summed E-state index contributed by atoms with van der Waals surface area (Å²) in [5, 5.41) is 0.341. The first kappa shape index (κ1) is 16.2. The molecule has 0 radical (unpaired) electrons. The summed E-state index contributed by atoms with van der Waals surface area (Å²) in [7, 11) is 0. The molecule has 116 valence electrons. The SMILES string of the molecule is CCC1(C)CCN(C(=O)c2nc(C(C)C)ncc2Cl)CC1. The molecule has 1 aliphatic heterocycles. The predicted octanol–water partition coefficient (Wildman–Crippen LogP) is 3.91. The molecule has 1 aromatic rings. The Kier molecular flexibility index (Phi) is 4.87. The van der Waals surface area contributed by atoms with Gasteiger partial charge in [-0.1, -0.05) is 45.7 Å². The van der Waals surface area contributed by atoms with Crippen molar-refractivity contribution in [1.82, 2.24) is 14.9 Å². The van der Waals surface area contributed by atoms with Gasteiger partial charge in [0, 0.05) is 19.0 Å². The number of hydrogen-bond acceptors (Lipinski definition) is 3. The average molecular weight is 310 g/mol. The first-order valence-corrected chi connectivity index (χ1v) is 8.06. The third-order valence-corrected chi connectivity index (χ3v) is 4.87. The lowest BCUT2D eigenvalue weighted by atomic mass is 9.78. The number of piperidine rings is 1. The van der Waals surface area contributed by atoms with Crippen molar-refractivity contribution in [2.24, 2.45) is 5.41 Å². The van der Waals surface area contributed by atoms with Crippen LogP contribution in [-0.2, 0) is 0 Å². The fourth-order valence-electron chi connectivity index (χ4n) is 2.56. The Morgan fingerprint density at radius 3 is 2.57 bits per heavy atom. The molecule has 0 aromatic carbocycles. The van der Waals surface area contributed by atoms with E-state index in [4.69, 9.17) is 11.6 Å². The summed E-state index contributed by atoms with van der Waals surface area (Å²) in [6.07, 6.45) is 4.77. The van der Waals surface area contributed by atoms with Crippen LogP contribution in [0, 0.1) is 5.41 Å². The molecule has 1 fully saturated rings. The standard InChI is InChI=1S/C16H24ClN3O/c1-5-16(4)6-8-20(9-7-16)15(21)13-12(17)10-18-14(19-13)11(2)3/h10-11H,5-9H2,1-4H3. The lowest BCUT2D eigenvalue weighted by Gasteiger charge is -2.38. The highest BCUT2D eigenvalue weighted by atomic mass is 35.5. The summed E-state index contributed by atoms with van der Waals surface area (Å²) in [6.45, 7) is 10.1. The van der Waals surface area contributed by atoms with E-state index in [2.05, 4.69) is 23.8 Å². The van der Waals surface area contributed by atoms with E-state index in [1.807, 2.05) is 18.7 Å². The van der Waals surface area contributed by atoms with E-state index in [9.17, 15) is 4.79 Å². The maximum Gasteiger partial charge on any atom is 0.274 e. The van der Waals surface area contributed by atoms with Crippen LogP contribution in [0.5, 0.6) is 0 Å². The first-order chi connectivity index (χ1) is 9.86. The molecule has 4 nitrogen and oxygen atoms in total. The van der Waals surface area contributed by atoms with Crippen LogP contribution in [0.15, 0.2) is 6.20 Å². The molecule has 1 aliphatic rings. The number of hydrogen-bond donors (Lipinski definition) is 0. The number of aromatic nitrogens is 2. The van der Waals surface area contributed by atoms with Crippen molar-refractivity contribution in [2.75, 3.05) is 13.1 Å². The van der Waals surface area contributed by atoms with Crippen LogP contribution in [0.1, 0.15) is 69.2 Å². The first-order valence-electron chi connectivity index (χ1n) is 7.68. The number of rotatable bonds is 3. The van der Waals surface area contributed by atoms with Gasteiger partial charge < -0.3 is 4.90 Å². The van der Waals surface area contributed by atoms with E-state index >= 15 is 0 Å². The van der Waals surface area contributed by atoms with Gasteiger partial charge in [-0.15, -0.1) is 0 Å². The Balaban J connectivity index is 2.16. The summed E-state index contributed by atoms with van der Waals surface area (Å²) in [6, 6.07) is 0. The largest absolute Gasteiger partial charge is 0.337 e. The lowest BCUT2D eigenvalue weighted by molar-refractivity contribution is 0.0594. The van der Waals surface area contributed by atoms with Crippen molar-refractivity contribution in [3.63, 3.8) is 0 Å². The molecule has 1 saturated heterocycles. The number of halogens is 1. The van der Waals surface area contributed by atoms with E-state index in [0.29, 0.717) is 22.0 Å². The molecule has 21 heavy (non-hydrogen) atoms. The second-order valence-electron chi connectivity index (χ2n) is 6.54. The van der Waals surface area contributed by atoms with Gasteiger partial charge in [-0.3, -0.25) is 4.79 Å². The summed E-state index contributed by atoms with van der Waals surface area (Å²) >= 11 is 6.13. The van der Waals surface area contributed by atoms with Gasteiger partial charge in [0.25, 0.3) is 5.91 Å². The maximum atomic E-state index is 12.6. The number of nitrogens with zero attached hydrogens (tertiary/aromatic N) is 3. The lowest BCUT2D eigenvalue weighted by Crippen LogP contribution is -2.42. The van der Waals surface area contributed by atoms with Crippen molar-refractivity contribution >= 4 is 17.5 Å². The summed E-state index contributed by atoms with van der Waals surface area (Å²) in [4.78, 5) is 23.1. The van der Waals surface area contributed by atoms with Gasteiger partial charge in [-0.25, -0.2) is 9.97 Å². The third kappa shape index (κ3) is 3.54. The zero-order valence-electron chi connectivity index (χ0n) is 13.3. The molecule has 0 spiro atoms. The predicted molar refractivity (Wildman–Crippen MR) is 84.7 cm³/mol. The van der Waals surface area contributed by atoms with Crippen molar-refractivity contribution in [3.05, 3.63) is 22.7 Å². The Bertz CT molecular complexity index is 522. The van der Waals surface area contributed by atoms with Crippen LogP contribution < -0.4 is 0 Å². The molecule has 5 heteroatoms. The highest BCUT2D eigenvalue weighted by Crippen LogP contribution is 2.34. The van der Waals surface area contributed by atoms with Crippen LogP contribution in [-0.4, -0.2) is 33.9 Å². The molecule has 0 aliphatic carbocycles. The van der Waals surface area contributed by atoms with Gasteiger partial charge in [0.15, 0.2) is 5.69 Å². The maximum absolute atomic E-state index is 12.6. The quantitative estimate of drug-likeness (QED) is 0.850. The smallest absolute Gasteiger partial charge is 0.274 e. The average Bonchev–Trinajstić information content (AvgIpc) is 2.47. The summed E-state index contributed by atoms with van der Waals surface area (Å²) < 4.78 is 0. The topological polar surface area (TPSA) is 46.1 Å². The van der Waals surface area contributed by atoms with E-state index < -0.39 is 0 Å². The molecule has 0 N–H and O–H groups in total. The third-order valence-electron chi connectivity index (χ3n) is 4.59. The van der Waals surface area contributed by atoms with Crippen LogP contribution in [0.2, 0.25) is 5.02 Å². The minimum atomic E-state index is -0.0672. The number of carbonyl (C=O) groups excluding carboxylic acids is 1. The Hall–Kier alpha value is -1.16. The molecule has 1 amide bonds. The Morgan fingerprint density at radius 1 is 1.43 bits per heavy atom. The minimum Gasteiger partial charge on any atom is -0.337 e. The van der Waals surface area contributed by atoms with Crippen LogP contribution in [0.25, 0.3) is 0 Å². The highest BCUT2D eigenvalue weighted by molar-refractivity contribution is 6.33. The van der Waals surface area contributed by atoms with Gasteiger partial charge >= 0.3 is 0 Å². The molecule has 2 rings (SSSR count). The molecule has 2 heterocycles. The molecule has 1 aromatic heterocycles. The van der Waals surface area contributed by atoms with E-state index in [1.54, 1.807) is 0 Å². The monoisotopic (exact) mass is 309 g/mol. The molecule has 0 saturated carbocycles. The molecule has 0 unspecified atom stereocenters. The molecular formula is C16H24ClN3O. The number of likely N-dealkylation sites (tertiary alicyclic amines) is 1. The van der Waals surface area contributed by atoms with Crippen molar-refractivity contribution in [1.29, 1.82) is 0 Å². The fourth-order valence-corrected chi connectivity index (χ4v) is 2.73. The Morgan fingerprint density at radius 2 is 2.05 bits per heavy atom. The molecular weight excluding hydrogens is 286 g/mol. The summed E-state index contributed by atoms with van der Waals surface area (Å²) in [5.41, 5.74) is 0.700. The van der Waals surface area contributed by atoms with Crippen molar-refractivity contribution < 1.29 is 4.79 Å². The summed E-state index contributed by atoms with van der Waals surface area (Å²) in [5.74, 6) is 0.777. The van der Waals surface area contributed by atoms with Crippen molar-refractivity contribution in [3.8, 4) is 0 Å². The van der Waals surface area contributed by atoms with Crippen LogP contribution in [0.4, 0.5) is 0 Å². The van der Waals surface area contributed by atoms with E-state index in [-0.39, 0.29) is 11.8 Å². The van der Waals surface area contributed by atoms with Crippen LogP contribution in [0.3, 0.4) is 0 Å². The van der Waals surface area contributed by atoms with Gasteiger partial charge in [0.2, 0.25) is 0 Å². The van der Waals surface area contributed by atoms with Gasteiger partial charge in [0.1, 0.15) is 5.82 Å². The van der Waals surface area contributed by atoms with Crippen molar-refractivity contribution in [2.45, 2.75) is 52.9 Å². The fraction of sp³-hybridized carbons (Fsp3) is 0.688. The normalized spacial score (nSPS) is 18.1. The van der Waals surface area contributed by atoms with Crippen LogP contribution >= 0.6 is 11.6 Å². The highest BCUT2D eigenvalue weighted by Gasteiger charge is 2.31. The number of amides is 1. The Labute approximate surface area is 131 Å². The van der Waals surface area contributed by atoms with E-state index in [0.717, 1.165) is 32.4 Å². The number of carbonyl (C=O) groups is 1. The second kappa shape index (κ2) is 6.30.